The quantitative estimate of drug-likeness (QED) is 0.380. The van der Waals surface area contributed by atoms with E-state index >= 15 is 0 Å². The Morgan fingerprint density at radius 1 is 1.00 bits per heavy atom. The Balaban J connectivity index is 0.000000177. The van der Waals surface area contributed by atoms with Crippen LogP contribution in [0.2, 0.25) is 0 Å². The summed E-state index contributed by atoms with van der Waals surface area (Å²) < 4.78 is 0. The third-order valence-corrected chi connectivity index (χ3v) is 3.93. The number of unbranched alkanes of at least 4 members (excludes halogenated alkanes) is 6. The molecular weight excluding hydrogens is 204 g/mol. The number of hydrogen-bond acceptors (Lipinski definition) is 0. The molecule has 2 aliphatic rings. The Kier molecular flexibility index (Phi) is 8.13. The first kappa shape index (κ1) is 14.5. The van der Waals surface area contributed by atoms with Crippen molar-refractivity contribution >= 4 is 0 Å². The minimum absolute atomic E-state index is 0.991. The summed E-state index contributed by atoms with van der Waals surface area (Å²) in [7, 11) is 0. The zero-order valence-electron chi connectivity index (χ0n) is 11.7. The topological polar surface area (TPSA) is 0 Å². The second-order valence-corrected chi connectivity index (χ2v) is 5.56. The van der Waals surface area contributed by atoms with Gasteiger partial charge in [-0.15, -0.1) is 6.58 Å². The number of allylic oxidation sites excluding steroid dienone is 3. The van der Waals surface area contributed by atoms with Crippen molar-refractivity contribution < 1.29 is 0 Å². The molecule has 0 aromatic heterocycles. The first-order valence-electron chi connectivity index (χ1n) is 7.66. The SMILES string of the molecule is C1=CC2CCC1C2.C=CCCCCCCCC. The third kappa shape index (κ3) is 6.71. The lowest BCUT2D eigenvalue weighted by Crippen LogP contribution is -1.82. The lowest BCUT2D eigenvalue weighted by atomic mass is 10.1. The van der Waals surface area contributed by atoms with Crippen molar-refractivity contribution in [1.29, 1.82) is 0 Å². The highest BCUT2D eigenvalue weighted by atomic mass is 14.3. The summed E-state index contributed by atoms with van der Waals surface area (Å²) in [4.78, 5) is 0. The van der Waals surface area contributed by atoms with Crippen LogP contribution in [0.15, 0.2) is 24.8 Å². The van der Waals surface area contributed by atoms with Crippen molar-refractivity contribution in [1.82, 2.24) is 0 Å². The van der Waals surface area contributed by atoms with E-state index in [1.54, 1.807) is 0 Å². The van der Waals surface area contributed by atoms with Crippen LogP contribution in [0.4, 0.5) is 0 Å². The van der Waals surface area contributed by atoms with Gasteiger partial charge >= 0.3 is 0 Å². The maximum atomic E-state index is 3.69. The minimum atomic E-state index is 0.991. The van der Waals surface area contributed by atoms with Gasteiger partial charge in [0.2, 0.25) is 0 Å². The minimum Gasteiger partial charge on any atom is -0.103 e. The van der Waals surface area contributed by atoms with Gasteiger partial charge in [-0.25, -0.2) is 0 Å². The molecule has 0 saturated heterocycles. The van der Waals surface area contributed by atoms with Crippen molar-refractivity contribution in [3.63, 3.8) is 0 Å². The van der Waals surface area contributed by atoms with Gasteiger partial charge in [0.25, 0.3) is 0 Å². The summed E-state index contributed by atoms with van der Waals surface area (Å²) in [6.45, 7) is 5.95. The second kappa shape index (κ2) is 9.50. The predicted octanol–water partition coefficient (Wildman–Crippen LogP) is 5.90. The Morgan fingerprint density at radius 3 is 2.00 bits per heavy atom. The molecule has 2 unspecified atom stereocenters. The van der Waals surface area contributed by atoms with Gasteiger partial charge < -0.3 is 0 Å². The fraction of sp³-hybridized carbons (Fsp3) is 0.765. The van der Waals surface area contributed by atoms with Gasteiger partial charge in [0.15, 0.2) is 0 Å². The van der Waals surface area contributed by atoms with Crippen LogP contribution in [-0.4, -0.2) is 0 Å². The molecule has 2 bridgehead atoms. The second-order valence-electron chi connectivity index (χ2n) is 5.56. The fourth-order valence-electron chi connectivity index (χ4n) is 2.79. The number of rotatable bonds is 7. The summed E-state index contributed by atoms with van der Waals surface area (Å²) in [5.74, 6) is 1.98. The Hall–Kier alpha value is -0.520. The molecule has 2 aliphatic carbocycles. The average Bonchev–Trinajstić information content (AvgIpc) is 2.99. The van der Waals surface area contributed by atoms with Gasteiger partial charge in [-0.05, 0) is 43.9 Å². The van der Waals surface area contributed by atoms with E-state index in [0.29, 0.717) is 0 Å². The molecule has 0 aromatic rings. The van der Waals surface area contributed by atoms with E-state index in [2.05, 4.69) is 25.7 Å². The van der Waals surface area contributed by atoms with Crippen molar-refractivity contribution in [2.75, 3.05) is 0 Å². The molecule has 1 fully saturated rings. The van der Waals surface area contributed by atoms with Crippen LogP contribution in [0.5, 0.6) is 0 Å². The highest BCUT2D eigenvalue weighted by molar-refractivity contribution is 5.06. The summed E-state index contributed by atoms with van der Waals surface area (Å²) in [6, 6.07) is 0. The van der Waals surface area contributed by atoms with Gasteiger partial charge in [-0.3, -0.25) is 0 Å². The molecule has 2 atom stereocenters. The number of hydrogen-bond donors (Lipinski definition) is 0. The Bertz CT molecular complexity index is 202. The molecule has 0 aliphatic heterocycles. The van der Waals surface area contributed by atoms with E-state index in [1.165, 1.54) is 64.2 Å². The van der Waals surface area contributed by atoms with Crippen LogP contribution >= 0.6 is 0 Å². The summed E-state index contributed by atoms with van der Waals surface area (Å²) in [6.07, 6.45) is 20.7. The van der Waals surface area contributed by atoms with E-state index in [9.17, 15) is 0 Å². The summed E-state index contributed by atoms with van der Waals surface area (Å²) in [5, 5.41) is 0. The predicted molar refractivity (Wildman–Crippen MR) is 78.2 cm³/mol. The van der Waals surface area contributed by atoms with Crippen molar-refractivity contribution in [2.45, 2.75) is 71.1 Å². The lowest BCUT2D eigenvalue weighted by molar-refractivity contribution is 0.611. The van der Waals surface area contributed by atoms with Crippen molar-refractivity contribution in [2.24, 2.45) is 11.8 Å². The van der Waals surface area contributed by atoms with Gasteiger partial charge in [-0.2, -0.15) is 0 Å². The zero-order valence-corrected chi connectivity index (χ0v) is 11.7. The Labute approximate surface area is 108 Å². The monoisotopic (exact) mass is 234 g/mol. The van der Waals surface area contributed by atoms with E-state index in [1.807, 2.05) is 6.08 Å². The smallest absolute Gasteiger partial charge is 0.0228 e. The van der Waals surface area contributed by atoms with Crippen LogP contribution in [0, 0.1) is 11.8 Å². The highest BCUT2D eigenvalue weighted by Crippen LogP contribution is 2.38. The lowest BCUT2D eigenvalue weighted by Gasteiger charge is -1.96. The maximum Gasteiger partial charge on any atom is -0.0228 e. The Morgan fingerprint density at radius 2 is 1.59 bits per heavy atom. The zero-order chi connectivity index (χ0) is 12.3. The first-order chi connectivity index (χ1) is 8.36. The van der Waals surface area contributed by atoms with E-state index < -0.39 is 0 Å². The van der Waals surface area contributed by atoms with Gasteiger partial charge in [0.05, 0.1) is 0 Å². The number of fused-ring (bicyclic) bond motifs is 2. The van der Waals surface area contributed by atoms with Gasteiger partial charge in [0, 0.05) is 0 Å². The van der Waals surface area contributed by atoms with E-state index in [4.69, 9.17) is 0 Å². The highest BCUT2D eigenvalue weighted by Gasteiger charge is 2.25. The molecule has 0 aromatic carbocycles. The van der Waals surface area contributed by atoms with Gasteiger partial charge in [0.1, 0.15) is 0 Å². The molecule has 98 valence electrons. The third-order valence-electron chi connectivity index (χ3n) is 3.93. The molecule has 0 heteroatoms. The molecular formula is C17H30. The maximum absolute atomic E-state index is 3.69. The molecule has 0 radical (unpaired) electrons. The van der Waals surface area contributed by atoms with E-state index in [-0.39, 0.29) is 0 Å². The van der Waals surface area contributed by atoms with Crippen LogP contribution < -0.4 is 0 Å². The molecule has 0 spiro atoms. The molecule has 0 nitrogen and oxygen atoms in total. The first-order valence-corrected chi connectivity index (χ1v) is 7.66. The normalized spacial score (nSPS) is 24.5. The molecule has 0 amide bonds. The van der Waals surface area contributed by atoms with Gasteiger partial charge in [-0.1, -0.05) is 57.3 Å². The van der Waals surface area contributed by atoms with E-state index in [0.717, 1.165) is 11.8 Å². The largest absolute Gasteiger partial charge is 0.103 e. The van der Waals surface area contributed by atoms with Crippen molar-refractivity contribution in [3.05, 3.63) is 24.8 Å². The van der Waals surface area contributed by atoms with Crippen LogP contribution in [0.25, 0.3) is 0 Å². The standard InChI is InChI=1S/C10H20.C7H10/c1-3-5-7-9-10-8-6-4-2;1-2-7-4-3-6(1)5-7/h3H,1,4-10H2,2H3;1-2,6-7H,3-5H2. The summed E-state index contributed by atoms with van der Waals surface area (Å²) >= 11 is 0. The molecule has 0 N–H and O–H groups in total. The van der Waals surface area contributed by atoms with Crippen LogP contribution in [0.1, 0.15) is 71.1 Å². The molecule has 0 heterocycles. The average molecular weight is 234 g/mol. The molecule has 1 saturated carbocycles. The van der Waals surface area contributed by atoms with Crippen molar-refractivity contribution in [3.8, 4) is 0 Å². The fourth-order valence-corrected chi connectivity index (χ4v) is 2.79. The molecule has 2 rings (SSSR count). The summed E-state index contributed by atoms with van der Waals surface area (Å²) in [5.41, 5.74) is 0. The van der Waals surface area contributed by atoms with Crippen LogP contribution in [0.3, 0.4) is 0 Å². The van der Waals surface area contributed by atoms with Crippen LogP contribution in [-0.2, 0) is 0 Å². The molecule has 17 heavy (non-hydrogen) atoms.